The summed E-state index contributed by atoms with van der Waals surface area (Å²) in [5.41, 5.74) is 2.03. The summed E-state index contributed by atoms with van der Waals surface area (Å²) in [6.45, 7) is 3.11. The van der Waals surface area contributed by atoms with E-state index in [-0.39, 0.29) is 23.0 Å². The molecule has 0 bridgehead atoms. The van der Waals surface area contributed by atoms with E-state index in [2.05, 4.69) is 5.32 Å². The van der Waals surface area contributed by atoms with E-state index < -0.39 is 28.5 Å². The van der Waals surface area contributed by atoms with Crippen molar-refractivity contribution in [3.63, 3.8) is 0 Å². The molecule has 0 fully saturated rings. The molecule has 36 heavy (non-hydrogen) atoms. The van der Waals surface area contributed by atoms with Gasteiger partial charge in [0.2, 0.25) is 11.8 Å². The average Bonchev–Trinajstić information content (AvgIpc) is 2.85. The molecule has 0 aliphatic heterocycles. The van der Waals surface area contributed by atoms with Gasteiger partial charge in [-0.3, -0.25) is 13.9 Å². The van der Waals surface area contributed by atoms with Crippen molar-refractivity contribution in [3.8, 4) is 0 Å². The quantitative estimate of drug-likeness (QED) is 0.422. The summed E-state index contributed by atoms with van der Waals surface area (Å²) in [6.07, 6.45) is 0. The molecule has 7 nitrogen and oxygen atoms in total. The van der Waals surface area contributed by atoms with Crippen LogP contribution in [0.15, 0.2) is 77.7 Å². The zero-order chi connectivity index (χ0) is 26.5. The maximum atomic E-state index is 13.7. The van der Waals surface area contributed by atoms with E-state index in [0.717, 1.165) is 15.4 Å². The third-order valence-electron chi connectivity index (χ3n) is 5.63. The summed E-state index contributed by atoms with van der Waals surface area (Å²) in [6, 6.07) is 18.6. The molecule has 0 saturated carbocycles. The predicted molar refractivity (Wildman–Crippen MR) is 143 cm³/mol. The molecule has 2 amide bonds. The van der Waals surface area contributed by atoms with Crippen LogP contribution in [0.1, 0.15) is 18.1 Å². The first kappa shape index (κ1) is 27.5. The molecular formula is C26H27Cl2N3O4S. The molecule has 3 rings (SSSR count). The van der Waals surface area contributed by atoms with Crippen LogP contribution in [0.4, 0.5) is 5.69 Å². The lowest BCUT2D eigenvalue weighted by molar-refractivity contribution is -0.139. The monoisotopic (exact) mass is 547 g/mol. The van der Waals surface area contributed by atoms with Gasteiger partial charge in [0.05, 0.1) is 10.6 Å². The molecule has 10 heteroatoms. The zero-order valence-electron chi connectivity index (χ0n) is 20.1. The molecule has 0 unspecified atom stereocenters. The molecule has 3 aromatic rings. The number of hydrogen-bond donors (Lipinski definition) is 1. The van der Waals surface area contributed by atoms with Crippen LogP contribution in [0, 0.1) is 6.92 Å². The van der Waals surface area contributed by atoms with E-state index in [0.29, 0.717) is 10.0 Å². The Labute approximate surface area is 221 Å². The number of amides is 2. The first-order valence-electron chi connectivity index (χ1n) is 11.1. The number of nitrogens with zero attached hydrogens (tertiary/aromatic N) is 2. The highest BCUT2D eigenvalue weighted by Gasteiger charge is 2.32. The highest BCUT2D eigenvalue weighted by atomic mass is 35.5. The topological polar surface area (TPSA) is 86.8 Å². The van der Waals surface area contributed by atoms with Gasteiger partial charge in [0.25, 0.3) is 10.0 Å². The lowest BCUT2D eigenvalue weighted by Crippen LogP contribution is -2.50. The number of halogens is 2. The second kappa shape index (κ2) is 11.8. The molecule has 0 spiro atoms. The van der Waals surface area contributed by atoms with Crippen molar-refractivity contribution in [1.29, 1.82) is 0 Å². The van der Waals surface area contributed by atoms with Crippen LogP contribution in [0.25, 0.3) is 0 Å². The molecular weight excluding hydrogens is 521 g/mol. The van der Waals surface area contributed by atoms with Crippen LogP contribution in [0.5, 0.6) is 0 Å². The Morgan fingerprint density at radius 1 is 0.944 bits per heavy atom. The number of carbonyl (C=O) groups excluding carboxylic acids is 2. The summed E-state index contributed by atoms with van der Waals surface area (Å²) in [4.78, 5) is 27.5. The predicted octanol–water partition coefficient (Wildman–Crippen LogP) is 4.66. The maximum Gasteiger partial charge on any atom is 0.264 e. The Kier molecular flexibility index (Phi) is 9.00. The fourth-order valence-corrected chi connectivity index (χ4v) is 5.41. The van der Waals surface area contributed by atoms with Crippen LogP contribution in [0.3, 0.4) is 0 Å². The minimum atomic E-state index is -4.18. The van der Waals surface area contributed by atoms with E-state index in [1.165, 1.54) is 42.3 Å². The van der Waals surface area contributed by atoms with Crippen molar-refractivity contribution in [2.24, 2.45) is 0 Å². The molecule has 0 aromatic heterocycles. The number of hydrogen-bond acceptors (Lipinski definition) is 4. The number of nitrogens with one attached hydrogen (secondary N) is 1. The number of rotatable bonds is 9. The summed E-state index contributed by atoms with van der Waals surface area (Å²) < 4.78 is 28.3. The number of likely N-dealkylation sites (N-methyl/N-ethyl adjacent to an activating group) is 1. The lowest BCUT2D eigenvalue weighted by Gasteiger charge is -2.32. The van der Waals surface area contributed by atoms with Crippen molar-refractivity contribution in [1.82, 2.24) is 10.2 Å². The first-order chi connectivity index (χ1) is 17.0. The molecule has 0 aliphatic carbocycles. The zero-order valence-corrected chi connectivity index (χ0v) is 22.4. The standard InChI is InChI=1S/C26H27Cl2N3O4S/c1-18-6-4-7-20(14-18)16-30(19(2)26(33)29-3)25(32)17-31(23-9-5-8-22(28)15-23)36(34,35)24-12-10-21(27)11-13-24/h4-15,19H,16-17H2,1-3H3,(H,29,33)/t19-/m1/s1. The molecule has 0 saturated heterocycles. The second-order valence-corrected chi connectivity index (χ2v) is 11.0. The average molecular weight is 548 g/mol. The molecule has 0 radical (unpaired) electrons. The van der Waals surface area contributed by atoms with E-state index in [9.17, 15) is 18.0 Å². The van der Waals surface area contributed by atoms with Gasteiger partial charge in [-0.25, -0.2) is 8.42 Å². The number of benzene rings is 3. The Hall–Kier alpha value is -3.07. The van der Waals surface area contributed by atoms with Gasteiger partial charge in [-0.1, -0.05) is 59.1 Å². The van der Waals surface area contributed by atoms with Crippen molar-refractivity contribution in [2.45, 2.75) is 31.3 Å². The third-order valence-corrected chi connectivity index (χ3v) is 7.90. The van der Waals surface area contributed by atoms with Crippen molar-refractivity contribution >= 4 is 50.7 Å². The lowest BCUT2D eigenvalue weighted by atomic mass is 10.1. The molecule has 190 valence electrons. The fourth-order valence-electron chi connectivity index (χ4n) is 3.69. The van der Waals surface area contributed by atoms with Gasteiger partial charge in [0.15, 0.2) is 0 Å². The summed E-state index contributed by atoms with van der Waals surface area (Å²) in [7, 11) is -2.70. The van der Waals surface area contributed by atoms with Crippen molar-refractivity contribution in [3.05, 3.63) is 94.0 Å². The SMILES string of the molecule is CNC(=O)[C@@H](C)N(Cc1cccc(C)c1)C(=O)CN(c1cccc(Cl)c1)S(=O)(=O)c1ccc(Cl)cc1. The summed E-state index contributed by atoms with van der Waals surface area (Å²) in [5.74, 6) is -0.920. The van der Waals surface area contributed by atoms with Crippen LogP contribution >= 0.6 is 23.2 Å². The smallest absolute Gasteiger partial charge is 0.264 e. The van der Waals surface area contributed by atoms with Gasteiger partial charge >= 0.3 is 0 Å². The number of sulfonamides is 1. The molecule has 1 N–H and O–H groups in total. The van der Waals surface area contributed by atoms with Crippen molar-refractivity contribution < 1.29 is 18.0 Å². The highest BCUT2D eigenvalue weighted by Crippen LogP contribution is 2.27. The summed E-state index contributed by atoms with van der Waals surface area (Å²) in [5, 5.41) is 3.25. The normalized spacial score (nSPS) is 12.0. The largest absolute Gasteiger partial charge is 0.357 e. The summed E-state index contributed by atoms with van der Waals surface area (Å²) >= 11 is 12.1. The highest BCUT2D eigenvalue weighted by molar-refractivity contribution is 7.92. The Morgan fingerprint density at radius 3 is 2.22 bits per heavy atom. The first-order valence-corrected chi connectivity index (χ1v) is 13.3. The van der Waals surface area contributed by atoms with Gasteiger partial charge in [0, 0.05) is 23.6 Å². The second-order valence-electron chi connectivity index (χ2n) is 8.25. The van der Waals surface area contributed by atoms with Gasteiger partial charge in [-0.15, -0.1) is 0 Å². The molecule has 1 atom stereocenters. The fraction of sp³-hybridized carbons (Fsp3) is 0.231. The minimum Gasteiger partial charge on any atom is -0.357 e. The van der Waals surface area contributed by atoms with Crippen LogP contribution < -0.4 is 9.62 Å². The third kappa shape index (κ3) is 6.57. The Bertz CT molecular complexity index is 1350. The van der Waals surface area contributed by atoms with Gasteiger partial charge in [0.1, 0.15) is 12.6 Å². The van der Waals surface area contributed by atoms with Gasteiger partial charge in [-0.05, 0) is 61.9 Å². The number of carbonyl (C=O) groups is 2. The van der Waals surface area contributed by atoms with Gasteiger partial charge < -0.3 is 10.2 Å². The van der Waals surface area contributed by atoms with Gasteiger partial charge in [-0.2, -0.15) is 0 Å². The number of anilines is 1. The van der Waals surface area contributed by atoms with Crippen molar-refractivity contribution in [2.75, 3.05) is 17.9 Å². The molecule has 0 aliphatic rings. The Balaban J connectivity index is 2.03. The van der Waals surface area contributed by atoms with Crippen LogP contribution in [-0.2, 0) is 26.2 Å². The van der Waals surface area contributed by atoms with E-state index >= 15 is 0 Å². The maximum absolute atomic E-state index is 13.7. The Morgan fingerprint density at radius 2 is 1.61 bits per heavy atom. The number of aryl methyl sites for hydroxylation is 1. The van der Waals surface area contributed by atoms with E-state index in [1.807, 2.05) is 31.2 Å². The van der Waals surface area contributed by atoms with E-state index in [1.54, 1.807) is 25.1 Å². The van der Waals surface area contributed by atoms with E-state index in [4.69, 9.17) is 23.2 Å². The molecule has 3 aromatic carbocycles. The minimum absolute atomic E-state index is 0.0377. The molecule has 0 heterocycles. The van der Waals surface area contributed by atoms with Crippen LogP contribution in [-0.4, -0.2) is 44.8 Å². The van der Waals surface area contributed by atoms with Crippen LogP contribution in [0.2, 0.25) is 10.0 Å².